The van der Waals surface area contributed by atoms with Crippen LogP contribution in [0.1, 0.15) is 37.7 Å². The predicted octanol–water partition coefficient (Wildman–Crippen LogP) is 1.03. The van der Waals surface area contributed by atoms with Crippen LogP contribution in [0.2, 0.25) is 6.32 Å². The molecule has 1 heterocycles. The summed E-state index contributed by atoms with van der Waals surface area (Å²) in [4.78, 5) is 26.0. The number of nitrogens with two attached hydrogens (primary N) is 1. The van der Waals surface area contributed by atoms with E-state index < -0.39 is 18.6 Å². The Labute approximate surface area is 164 Å². The van der Waals surface area contributed by atoms with Crippen LogP contribution in [0.25, 0.3) is 0 Å². The van der Waals surface area contributed by atoms with Crippen molar-refractivity contribution in [2.24, 2.45) is 11.7 Å². The minimum atomic E-state index is -1.40. The van der Waals surface area contributed by atoms with Crippen molar-refractivity contribution < 1.29 is 29.1 Å². The lowest BCUT2D eigenvalue weighted by atomic mass is 9.74. The highest BCUT2D eigenvalue weighted by Gasteiger charge is 2.43. The number of hydrogen-bond donors (Lipinski definition) is 4. The second-order valence-electron chi connectivity index (χ2n) is 7.53. The highest BCUT2D eigenvalue weighted by Crippen LogP contribution is 2.31. The van der Waals surface area contributed by atoms with E-state index in [0.717, 1.165) is 5.56 Å². The first-order chi connectivity index (χ1) is 13.2. The summed E-state index contributed by atoms with van der Waals surface area (Å²) in [5.74, 6) is -1.73. The van der Waals surface area contributed by atoms with Crippen LogP contribution >= 0.6 is 0 Å². The lowest BCUT2D eigenvalue weighted by Gasteiger charge is -2.40. The molecule has 9 heteroatoms. The fourth-order valence-corrected chi connectivity index (χ4v) is 3.76. The van der Waals surface area contributed by atoms with E-state index in [2.05, 4.69) is 0 Å². The zero-order chi connectivity index (χ0) is 20.7. The second-order valence-corrected chi connectivity index (χ2v) is 7.53. The van der Waals surface area contributed by atoms with Crippen molar-refractivity contribution in [3.63, 3.8) is 0 Å². The largest absolute Gasteiger partial charge is 0.480 e. The quantitative estimate of drug-likeness (QED) is 0.366. The van der Waals surface area contributed by atoms with Gasteiger partial charge in [-0.2, -0.15) is 0 Å². The lowest BCUT2D eigenvalue weighted by Crippen LogP contribution is -2.57. The van der Waals surface area contributed by atoms with E-state index in [0.29, 0.717) is 38.8 Å². The summed E-state index contributed by atoms with van der Waals surface area (Å²) < 4.78 is 13.0. The predicted molar refractivity (Wildman–Crippen MR) is 103 cm³/mol. The SMILES string of the molecule is NC(CCCCB(O)O)(C(=O)O)C1CCN(C(=O)Cc2ccc(F)cc2)CC1. The van der Waals surface area contributed by atoms with E-state index in [9.17, 15) is 19.1 Å². The Hall–Kier alpha value is -1.97. The van der Waals surface area contributed by atoms with Gasteiger partial charge < -0.3 is 25.8 Å². The third-order valence-electron chi connectivity index (χ3n) is 5.55. The monoisotopic (exact) mass is 394 g/mol. The first-order valence-corrected chi connectivity index (χ1v) is 9.63. The van der Waals surface area contributed by atoms with Gasteiger partial charge in [-0.25, -0.2) is 4.39 Å². The number of hydrogen-bond acceptors (Lipinski definition) is 5. The lowest BCUT2D eigenvalue weighted by molar-refractivity contribution is -0.147. The number of piperidine rings is 1. The van der Waals surface area contributed by atoms with Gasteiger partial charge in [0.2, 0.25) is 5.91 Å². The minimum absolute atomic E-state index is 0.0695. The fraction of sp³-hybridized carbons (Fsp3) is 0.579. The number of amides is 1. The van der Waals surface area contributed by atoms with Crippen LogP contribution in [0, 0.1) is 11.7 Å². The molecule has 1 aromatic rings. The molecule has 1 atom stereocenters. The summed E-state index contributed by atoms with van der Waals surface area (Å²) in [5.41, 5.74) is 5.58. The molecule has 1 fully saturated rings. The second kappa shape index (κ2) is 10.00. The number of benzene rings is 1. The summed E-state index contributed by atoms with van der Waals surface area (Å²) >= 11 is 0. The molecule has 2 rings (SSSR count). The number of carboxylic acids is 1. The van der Waals surface area contributed by atoms with Crippen LogP contribution in [0.5, 0.6) is 0 Å². The molecule has 0 aromatic heterocycles. The number of carbonyl (C=O) groups excluding carboxylic acids is 1. The first kappa shape index (κ1) is 22.3. The van der Waals surface area contributed by atoms with Crippen molar-refractivity contribution >= 4 is 19.0 Å². The van der Waals surface area contributed by atoms with Crippen molar-refractivity contribution in [1.82, 2.24) is 4.90 Å². The van der Waals surface area contributed by atoms with Gasteiger partial charge in [0.05, 0.1) is 6.42 Å². The molecule has 0 aliphatic carbocycles. The van der Waals surface area contributed by atoms with Crippen LogP contribution in [-0.2, 0) is 16.0 Å². The van der Waals surface area contributed by atoms with E-state index in [1.807, 2.05) is 0 Å². The van der Waals surface area contributed by atoms with Crippen LogP contribution < -0.4 is 5.73 Å². The third kappa shape index (κ3) is 6.02. The maximum atomic E-state index is 13.0. The van der Waals surface area contributed by atoms with E-state index in [1.165, 1.54) is 12.1 Å². The van der Waals surface area contributed by atoms with Gasteiger partial charge in [0, 0.05) is 13.1 Å². The Balaban J connectivity index is 1.87. The van der Waals surface area contributed by atoms with Crippen LogP contribution in [0.4, 0.5) is 4.39 Å². The molecule has 1 amide bonds. The highest BCUT2D eigenvalue weighted by molar-refractivity contribution is 6.40. The van der Waals surface area contributed by atoms with Gasteiger partial charge in [-0.05, 0) is 49.2 Å². The topological polar surface area (TPSA) is 124 Å². The zero-order valence-corrected chi connectivity index (χ0v) is 15.9. The normalized spacial score (nSPS) is 17.2. The van der Waals surface area contributed by atoms with Crippen molar-refractivity contribution in [3.8, 4) is 0 Å². The summed E-state index contributed by atoms with van der Waals surface area (Å²) in [6.07, 6.45) is 2.60. The number of likely N-dealkylation sites (tertiary alicyclic amines) is 1. The molecule has 28 heavy (non-hydrogen) atoms. The molecule has 1 aliphatic rings. The summed E-state index contributed by atoms with van der Waals surface area (Å²) in [7, 11) is -1.40. The van der Waals surface area contributed by atoms with Gasteiger partial charge in [-0.3, -0.25) is 9.59 Å². The van der Waals surface area contributed by atoms with Crippen LogP contribution in [0.15, 0.2) is 24.3 Å². The zero-order valence-electron chi connectivity index (χ0n) is 15.9. The maximum absolute atomic E-state index is 13.0. The molecular weight excluding hydrogens is 366 g/mol. The van der Waals surface area contributed by atoms with Crippen molar-refractivity contribution in [1.29, 1.82) is 0 Å². The van der Waals surface area contributed by atoms with Crippen molar-refractivity contribution in [3.05, 3.63) is 35.6 Å². The average Bonchev–Trinajstić information content (AvgIpc) is 2.66. The molecule has 1 saturated heterocycles. The standard InChI is InChI=1S/C19H28BFN2O5/c21-16-5-3-14(4-6-16)13-17(24)23-11-7-15(8-12-23)19(22,18(25)26)9-1-2-10-20(27)28/h3-6,15,27-28H,1-2,7-13,22H2,(H,25,26). The molecule has 0 radical (unpaired) electrons. The Morgan fingerprint density at radius 1 is 1.18 bits per heavy atom. The van der Waals surface area contributed by atoms with E-state index in [4.69, 9.17) is 15.8 Å². The van der Waals surface area contributed by atoms with Gasteiger partial charge in [0.25, 0.3) is 0 Å². The molecular formula is C19H28BFN2O5. The summed E-state index contributed by atoms with van der Waals surface area (Å²) in [6.45, 7) is 0.874. The number of nitrogens with zero attached hydrogens (tertiary/aromatic N) is 1. The van der Waals surface area contributed by atoms with E-state index >= 15 is 0 Å². The molecule has 0 spiro atoms. The third-order valence-corrected chi connectivity index (χ3v) is 5.55. The number of aliphatic carboxylic acids is 1. The molecule has 0 saturated carbocycles. The van der Waals surface area contributed by atoms with Gasteiger partial charge in [0.1, 0.15) is 11.4 Å². The highest BCUT2D eigenvalue weighted by atomic mass is 19.1. The summed E-state index contributed by atoms with van der Waals surface area (Å²) in [6, 6.07) is 5.80. The number of carbonyl (C=O) groups is 2. The maximum Gasteiger partial charge on any atom is 0.451 e. The molecule has 7 nitrogen and oxygen atoms in total. The van der Waals surface area contributed by atoms with Gasteiger partial charge in [0.15, 0.2) is 0 Å². The van der Waals surface area contributed by atoms with Crippen LogP contribution in [0.3, 0.4) is 0 Å². The van der Waals surface area contributed by atoms with Gasteiger partial charge in [-0.15, -0.1) is 0 Å². The smallest absolute Gasteiger partial charge is 0.451 e. The number of carboxylic acid groups (broad SMARTS) is 1. The first-order valence-electron chi connectivity index (χ1n) is 9.63. The average molecular weight is 394 g/mol. The van der Waals surface area contributed by atoms with E-state index in [1.54, 1.807) is 17.0 Å². The Morgan fingerprint density at radius 2 is 1.79 bits per heavy atom. The van der Waals surface area contributed by atoms with Crippen molar-refractivity contribution in [2.45, 2.75) is 50.4 Å². The molecule has 1 unspecified atom stereocenters. The van der Waals surface area contributed by atoms with Crippen LogP contribution in [-0.4, -0.2) is 57.7 Å². The molecule has 1 aliphatic heterocycles. The Morgan fingerprint density at radius 3 is 2.32 bits per heavy atom. The number of rotatable bonds is 9. The Kier molecular flexibility index (Phi) is 7.97. The molecule has 1 aromatic carbocycles. The Bertz CT molecular complexity index is 665. The summed E-state index contributed by atoms with van der Waals surface area (Å²) in [5, 5.41) is 27.4. The van der Waals surface area contributed by atoms with Gasteiger partial charge in [-0.1, -0.05) is 25.0 Å². The van der Waals surface area contributed by atoms with Crippen molar-refractivity contribution in [2.75, 3.05) is 13.1 Å². The van der Waals surface area contributed by atoms with Gasteiger partial charge >= 0.3 is 13.1 Å². The number of unbranched alkanes of at least 4 members (excludes halogenated alkanes) is 1. The molecule has 5 N–H and O–H groups in total. The molecule has 154 valence electrons. The van der Waals surface area contributed by atoms with E-state index in [-0.39, 0.29) is 36.8 Å². The fourth-order valence-electron chi connectivity index (χ4n) is 3.76. The minimum Gasteiger partial charge on any atom is -0.480 e. The molecule has 0 bridgehead atoms. The number of halogens is 1.